The van der Waals surface area contributed by atoms with Gasteiger partial charge in [-0.15, -0.1) is 0 Å². The van der Waals surface area contributed by atoms with Crippen LogP contribution in [0.15, 0.2) is 18.5 Å². The molecule has 0 saturated carbocycles. The summed E-state index contributed by atoms with van der Waals surface area (Å²) < 4.78 is 32.1. The maximum Gasteiger partial charge on any atom is 0.407 e. The molecular formula is C24H36N6O6. The number of fused-ring (bicyclic) bond motifs is 2. The fourth-order valence-corrected chi connectivity index (χ4v) is 5.12. The topological polar surface area (TPSA) is 135 Å². The van der Waals surface area contributed by atoms with E-state index in [0.29, 0.717) is 38.7 Å². The van der Waals surface area contributed by atoms with Crippen LogP contribution in [0.3, 0.4) is 0 Å². The Kier molecular flexibility index (Phi) is 6.58. The molecule has 5 heterocycles. The van der Waals surface area contributed by atoms with Gasteiger partial charge in [-0.25, -0.2) is 14.3 Å². The fourth-order valence-electron chi connectivity index (χ4n) is 5.12. The predicted octanol–water partition coefficient (Wildman–Crippen LogP) is 1.50. The summed E-state index contributed by atoms with van der Waals surface area (Å²) in [6.07, 6.45) is -0.231. The molecule has 0 aliphatic carbocycles. The van der Waals surface area contributed by atoms with Crippen LogP contribution < -0.4 is 11.1 Å². The van der Waals surface area contributed by atoms with Gasteiger partial charge in [-0.05, 0) is 46.8 Å². The number of morpholine rings is 1. The van der Waals surface area contributed by atoms with Gasteiger partial charge in [-0.3, -0.25) is 4.90 Å². The first-order chi connectivity index (χ1) is 17.0. The number of aromatic nitrogens is 3. The normalized spacial score (nSPS) is 30.4. The van der Waals surface area contributed by atoms with Crippen molar-refractivity contribution in [2.24, 2.45) is 0 Å². The summed E-state index contributed by atoms with van der Waals surface area (Å²) in [7, 11) is 0. The smallest absolute Gasteiger partial charge is 0.407 e. The summed E-state index contributed by atoms with van der Waals surface area (Å²) in [5.41, 5.74) is 7.04. The number of carbonyl (C=O) groups is 1. The van der Waals surface area contributed by atoms with E-state index in [2.05, 4.69) is 20.3 Å². The molecule has 3 fully saturated rings. The zero-order chi connectivity index (χ0) is 25.7. The number of carbonyl (C=O) groups excluding carboxylic acids is 1. The van der Waals surface area contributed by atoms with Crippen LogP contribution in [-0.2, 0) is 23.7 Å². The number of anilines is 1. The van der Waals surface area contributed by atoms with Gasteiger partial charge in [0.05, 0.1) is 24.9 Å². The number of nitrogens with two attached hydrogens (primary N) is 1. The molecule has 5 rings (SSSR count). The molecule has 3 aliphatic heterocycles. The number of rotatable bonds is 5. The van der Waals surface area contributed by atoms with Gasteiger partial charge in [0, 0.05) is 19.6 Å². The van der Waals surface area contributed by atoms with Crippen LogP contribution in [0.4, 0.5) is 10.6 Å². The van der Waals surface area contributed by atoms with Crippen molar-refractivity contribution in [1.29, 1.82) is 0 Å². The van der Waals surface area contributed by atoms with E-state index in [1.807, 2.05) is 46.8 Å². The van der Waals surface area contributed by atoms with E-state index in [9.17, 15) is 4.79 Å². The van der Waals surface area contributed by atoms with Crippen LogP contribution >= 0.6 is 0 Å². The summed E-state index contributed by atoms with van der Waals surface area (Å²) in [6.45, 7) is 12.2. The monoisotopic (exact) mass is 504 g/mol. The first kappa shape index (κ1) is 25.2. The molecule has 198 valence electrons. The van der Waals surface area contributed by atoms with Crippen molar-refractivity contribution in [2.45, 2.75) is 76.5 Å². The van der Waals surface area contributed by atoms with Gasteiger partial charge in [-0.2, -0.15) is 5.10 Å². The number of amides is 1. The van der Waals surface area contributed by atoms with Crippen LogP contribution in [0.25, 0.3) is 5.52 Å². The summed E-state index contributed by atoms with van der Waals surface area (Å²) in [5, 5.41) is 7.26. The molecule has 0 aromatic carbocycles. The largest absolute Gasteiger partial charge is 0.444 e. The van der Waals surface area contributed by atoms with E-state index in [1.54, 1.807) is 4.52 Å². The van der Waals surface area contributed by atoms with Gasteiger partial charge in [0.1, 0.15) is 41.9 Å². The SMILES string of the molecule is CC(C)(C)OC(=O)NC[C@@H]1COCCN1CC1O[C@@H](c2ccc3c(N)ncnn23)[C@@H]2OC(C)(C)O[C@H]12. The molecule has 1 amide bonds. The Morgan fingerprint density at radius 3 is 2.83 bits per heavy atom. The molecule has 12 nitrogen and oxygen atoms in total. The molecule has 3 saturated heterocycles. The van der Waals surface area contributed by atoms with E-state index in [4.69, 9.17) is 29.4 Å². The molecule has 1 unspecified atom stereocenters. The highest BCUT2D eigenvalue weighted by atomic mass is 16.8. The Morgan fingerprint density at radius 1 is 1.28 bits per heavy atom. The lowest BCUT2D eigenvalue weighted by atomic mass is 10.0. The number of nitrogen functional groups attached to an aromatic ring is 1. The number of nitrogens with zero attached hydrogens (tertiary/aromatic N) is 4. The van der Waals surface area contributed by atoms with Gasteiger partial charge in [0.15, 0.2) is 11.6 Å². The van der Waals surface area contributed by atoms with E-state index >= 15 is 0 Å². The van der Waals surface area contributed by atoms with Crippen LogP contribution in [-0.4, -0.2) is 94.2 Å². The van der Waals surface area contributed by atoms with E-state index in [0.717, 1.165) is 11.2 Å². The van der Waals surface area contributed by atoms with Gasteiger partial charge in [-0.1, -0.05) is 0 Å². The molecule has 2 aromatic heterocycles. The molecular weight excluding hydrogens is 468 g/mol. The standard InChI is InChI=1S/C24H36N6O6/c1-23(2,3)36-22(31)26-10-14-12-32-9-8-29(14)11-17-19-20(35-24(4,5)34-19)18(33-17)15-6-7-16-21(25)27-13-28-30(15)16/h6-7,13-14,17-20H,8-12H2,1-5H3,(H,26,31)(H2,25,27,28)/t14-,17?,18+,19-,20+/m1/s1. The number of hydrogen-bond acceptors (Lipinski definition) is 10. The Morgan fingerprint density at radius 2 is 2.06 bits per heavy atom. The molecule has 12 heteroatoms. The second-order valence-corrected chi connectivity index (χ2v) is 11.0. The average molecular weight is 505 g/mol. The lowest BCUT2D eigenvalue weighted by Crippen LogP contribution is -2.54. The third-order valence-corrected chi connectivity index (χ3v) is 6.60. The minimum absolute atomic E-state index is 0.0237. The molecule has 5 atom stereocenters. The Hall–Kier alpha value is -2.51. The van der Waals surface area contributed by atoms with Gasteiger partial charge in [0.25, 0.3) is 0 Å². The number of hydrogen-bond donors (Lipinski definition) is 2. The van der Waals surface area contributed by atoms with Crippen LogP contribution in [0, 0.1) is 0 Å². The van der Waals surface area contributed by atoms with E-state index < -0.39 is 23.6 Å². The lowest BCUT2D eigenvalue weighted by molar-refractivity contribution is -0.191. The fraction of sp³-hybridized carbons (Fsp3) is 0.708. The van der Waals surface area contributed by atoms with Crippen molar-refractivity contribution in [1.82, 2.24) is 24.8 Å². The van der Waals surface area contributed by atoms with Gasteiger partial charge >= 0.3 is 6.09 Å². The molecule has 3 aliphatic rings. The van der Waals surface area contributed by atoms with Gasteiger partial charge in [0.2, 0.25) is 0 Å². The highest BCUT2D eigenvalue weighted by Gasteiger charge is 2.56. The first-order valence-corrected chi connectivity index (χ1v) is 12.4. The number of alkyl carbamates (subject to hydrolysis) is 1. The van der Waals surface area contributed by atoms with Crippen molar-refractivity contribution in [3.05, 3.63) is 24.2 Å². The molecule has 3 N–H and O–H groups in total. The van der Waals surface area contributed by atoms with Crippen LogP contribution in [0.2, 0.25) is 0 Å². The maximum atomic E-state index is 12.2. The summed E-state index contributed by atoms with van der Waals surface area (Å²) >= 11 is 0. The van der Waals surface area contributed by atoms with Crippen molar-refractivity contribution < 1.29 is 28.5 Å². The zero-order valence-electron chi connectivity index (χ0n) is 21.5. The highest BCUT2D eigenvalue weighted by Crippen LogP contribution is 2.45. The average Bonchev–Trinajstić information content (AvgIpc) is 3.44. The van der Waals surface area contributed by atoms with Crippen LogP contribution in [0.5, 0.6) is 0 Å². The molecule has 36 heavy (non-hydrogen) atoms. The summed E-state index contributed by atoms with van der Waals surface area (Å²) in [4.78, 5) is 18.6. The summed E-state index contributed by atoms with van der Waals surface area (Å²) in [6, 6.07) is 3.81. The second-order valence-electron chi connectivity index (χ2n) is 11.0. The lowest BCUT2D eigenvalue weighted by Gasteiger charge is -2.37. The van der Waals surface area contributed by atoms with Crippen molar-refractivity contribution in [3.8, 4) is 0 Å². The number of ether oxygens (including phenoxy) is 5. The summed E-state index contributed by atoms with van der Waals surface area (Å²) in [5.74, 6) is -0.334. The third kappa shape index (κ3) is 5.14. The second kappa shape index (κ2) is 9.42. The Bertz CT molecular complexity index is 1100. The van der Waals surface area contributed by atoms with Crippen molar-refractivity contribution in [2.75, 3.05) is 38.6 Å². The van der Waals surface area contributed by atoms with Gasteiger partial charge < -0.3 is 34.7 Å². The molecule has 0 radical (unpaired) electrons. The molecule has 0 spiro atoms. The van der Waals surface area contributed by atoms with E-state index in [-0.39, 0.29) is 24.4 Å². The quantitative estimate of drug-likeness (QED) is 0.617. The van der Waals surface area contributed by atoms with Crippen LogP contribution in [0.1, 0.15) is 46.4 Å². The van der Waals surface area contributed by atoms with Crippen molar-refractivity contribution >= 4 is 17.4 Å². The third-order valence-electron chi connectivity index (χ3n) is 6.60. The minimum atomic E-state index is -0.737. The molecule has 2 aromatic rings. The highest BCUT2D eigenvalue weighted by molar-refractivity contribution is 5.67. The maximum absolute atomic E-state index is 12.2. The Balaban J connectivity index is 1.32. The molecule has 0 bridgehead atoms. The predicted molar refractivity (Wildman–Crippen MR) is 129 cm³/mol. The number of nitrogens with one attached hydrogen (secondary N) is 1. The van der Waals surface area contributed by atoms with Crippen molar-refractivity contribution in [3.63, 3.8) is 0 Å². The van der Waals surface area contributed by atoms with E-state index in [1.165, 1.54) is 6.33 Å². The first-order valence-electron chi connectivity index (χ1n) is 12.4. The zero-order valence-corrected chi connectivity index (χ0v) is 21.5. The minimum Gasteiger partial charge on any atom is -0.444 e. The Labute approximate surface area is 210 Å².